The van der Waals surface area contributed by atoms with Crippen LogP contribution in [0.1, 0.15) is 30.6 Å². The van der Waals surface area contributed by atoms with Gasteiger partial charge in [0.1, 0.15) is 0 Å². The maximum Gasteiger partial charge on any atom is 0.253 e. The van der Waals surface area contributed by atoms with E-state index in [4.69, 9.17) is 23.2 Å². The second-order valence-electron chi connectivity index (χ2n) is 4.56. The molecule has 1 rings (SSSR count). The molecule has 1 N–H and O–H groups in total. The summed E-state index contributed by atoms with van der Waals surface area (Å²) in [6.45, 7) is 4.24. The van der Waals surface area contributed by atoms with Crippen LogP contribution in [0.3, 0.4) is 0 Å². The van der Waals surface area contributed by atoms with Gasteiger partial charge in [-0.25, -0.2) is 0 Å². The van der Waals surface area contributed by atoms with Crippen molar-refractivity contribution in [1.29, 1.82) is 0 Å². The lowest BCUT2D eigenvalue weighted by molar-refractivity contribution is 0.0937. The molecule has 0 aliphatic heterocycles. The summed E-state index contributed by atoms with van der Waals surface area (Å²) >= 11 is 15.3. The van der Waals surface area contributed by atoms with Crippen LogP contribution in [-0.4, -0.2) is 17.3 Å². The number of halogens is 3. The lowest BCUT2D eigenvalue weighted by Gasteiger charge is -2.18. The molecule has 0 saturated carbocycles. The predicted molar refractivity (Wildman–Crippen MR) is 81.0 cm³/mol. The fourth-order valence-corrected chi connectivity index (χ4v) is 2.48. The number of rotatable bonds is 5. The third-order valence-electron chi connectivity index (χ3n) is 2.47. The minimum absolute atomic E-state index is 0.0903. The van der Waals surface area contributed by atoms with E-state index >= 15 is 0 Å². The van der Waals surface area contributed by atoms with E-state index in [1.807, 2.05) is 0 Å². The minimum atomic E-state index is -0.187. The quantitative estimate of drug-likeness (QED) is 0.775. The Morgan fingerprint density at radius 2 is 2.06 bits per heavy atom. The van der Waals surface area contributed by atoms with Crippen molar-refractivity contribution < 1.29 is 4.79 Å². The molecule has 0 aliphatic carbocycles. The Kier molecular flexibility index (Phi) is 6.47. The molecule has 0 spiro atoms. The van der Waals surface area contributed by atoms with Gasteiger partial charge in [-0.3, -0.25) is 4.79 Å². The van der Waals surface area contributed by atoms with E-state index in [2.05, 4.69) is 35.1 Å². The normalized spacial score (nSPS) is 12.6. The van der Waals surface area contributed by atoms with Gasteiger partial charge in [0, 0.05) is 11.4 Å². The molecule has 1 amide bonds. The molecule has 1 aromatic rings. The highest BCUT2D eigenvalue weighted by molar-refractivity contribution is 9.09. The van der Waals surface area contributed by atoms with Crippen molar-refractivity contribution in [2.75, 3.05) is 5.33 Å². The summed E-state index contributed by atoms with van der Waals surface area (Å²) in [5.74, 6) is 0.329. The lowest BCUT2D eigenvalue weighted by Crippen LogP contribution is -2.37. The van der Waals surface area contributed by atoms with E-state index in [1.54, 1.807) is 18.2 Å². The van der Waals surface area contributed by atoms with Gasteiger partial charge >= 0.3 is 0 Å². The molecule has 100 valence electrons. The first-order valence-corrected chi connectivity index (χ1v) is 7.64. The van der Waals surface area contributed by atoms with Crippen molar-refractivity contribution in [2.24, 2.45) is 5.92 Å². The number of nitrogens with one attached hydrogen (secondary N) is 1. The highest BCUT2D eigenvalue weighted by Crippen LogP contribution is 2.25. The lowest BCUT2D eigenvalue weighted by atomic mass is 10.0. The summed E-state index contributed by atoms with van der Waals surface area (Å²) in [7, 11) is 0. The van der Waals surface area contributed by atoms with Gasteiger partial charge in [0.05, 0.1) is 15.6 Å². The van der Waals surface area contributed by atoms with E-state index in [-0.39, 0.29) is 11.9 Å². The van der Waals surface area contributed by atoms with E-state index in [1.165, 1.54) is 0 Å². The van der Waals surface area contributed by atoms with Crippen molar-refractivity contribution in [3.8, 4) is 0 Å². The molecule has 1 atom stereocenters. The first-order valence-electron chi connectivity index (χ1n) is 5.76. The molecule has 0 saturated heterocycles. The number of hydrogen-bond acceptors (Lipinski definition) is 1. The van der Waals surface area contributed by atoms with E-state index in [9.17, 15) is 4.79 Å². The van der Waals surface area contributed by atoms with Crippen LogP contribution in [0.25, 0.3) is 0 Å². The summed E-state index contributed by atoms with van der Waals surface area (Å²) in [6.07, 6.45) is 0.912. The Morgan fingerprint density at radius 1 is 1.39 bits per heavy atom. The summed E-state index contributed by atoms with van der Waals surface area (Å²) < 4.78 is 0. The molecule has 5 heteroatoms. The molecule has 0 aliphatic rings. The third-order valence-corrected chi connectivity index (χ3v) is 4.07. The Hall–Kier alpha value is -0.250. The second-order valence-corrected chi connectivity index (χ2v) is 5.99. The molecule has 1 unspecified atom stereocenters. The molecular formula is C13H16BrCl2NO. The SMILES string of the molecule is CC(C)CC(CBr)NC(=O)c1cccc(Cl)c1Cl. The van der Waals surface area contributed by atoms with Gasteiger partial charge in [-0.1, -0.05) is 59.0 Å². The van der Waals surface area contributed by atoms with Crippen LogP contribution < -0.4 is 5.32 Å². The zero-order chi connectivity index (χ0) is 13.7. The van der Waals surface area contributed by atoms with Crippen LogP contribution in [0.15, 0.2) is 18.2 Å². The molecule has 0 heterocycles. The molecule has 0 aromatic heterocycles. The first-order chi connectivity index (χ1) is 8.45. The van der Waals surface area contributed by atoms with Crippen LogP contribution in [0, 0.1) is 5.92 Å². The highest BCUT2D eigenvalue weighted by Gasteiger charge is 2.17. The first kappa shape index (κ1) is 15.8. The van der Waals surface area contributed by atoms with Crippen LogP contribution in [0.4, 0.5) is 0 Å². The number of carbonyl (C=O) groups excluding carboxylic acids is 1. The van der Waals surface area contributed by atoms with Gasteiger partial charge in [0.25, 0.3) is 5.91 Å². The average Bonchev–Trinajstić information content (AvgIpc) is 2.31. The molecule has 18 heavy (non-hydrogen) atoms. The highest BCUT2D eigenvalue weighted by atomic mass is 79.9. The monoisotopic (exact) mass is 351 g/mol. The molecule has 0 fully saturated rings. The van der Waals surface area contributed by atoms with E-state index in [0.29, 0.717) is 21.5 Å². The van der Waals surface area contributed by atoms with Gasteiger partial charge in [0.2, 0.25) is 0 Å². The van der Waals surface area contributed by atoms with Crippen molar-refractivity contribution in [3.63, 3.8) is 0 Å². The van der Waals surface area contributed by atoms with Crippen LogP contribution >= 0.6 is 39.1 Å². The summed E-state index contributed by atoms with van der Waals surface area (Å²) in [5, 5.41) is 4.36. The van der Waals surface area contributed by atoms with Crippen LogP contribution in [-0.2, 0) is 0 Å². The van der Waals surface area contributed by atoms with E-state index < -0.39 is 0 Å². The number of hydrogen-bond donors (Lipinski definition) is 1. The van der Waals surface area contributed by atoms with E-state index in [0.717, 1.165) is 11.8 Å². The Labute approximate surface area is 126 Å². The molecule has 2 nitrogen and oxygen atoms in total. The van der Waals surface area contributed by atoms with Gasteiger partial charge in [0.15, 0.2) is 0 Å². The van der Waals surface area contributed by atoms with Gasteiger partial charge in [-0.15, -0.1) is 0 Å². The number of benzene rings is 1. The standard InChI is InChI=1S/C13H16BrCl2NO/c1-8(2)6-9(7-14)17-13(18)10-4-3-5-11(15)12(10)16/h3-5,8-9H,6-7H2,1-2H3,(H,17,18). The molecule has 0 radical (unpaired) electrons. The smallest absolute Gasteiger partial charge is 0.253 e. The maximum atomic E-state index is 12.1. The van der Waals surface area contributed by atoms with Crippen molar-refractivity contribution >= 4 is 45.0 Å². The van der Waals surface area contributed by atoms with Crippen LogP contribution in [0.5, 0.6) is 0 Å². The van der Waals surface area contributed by atoms with Crippen molar-refractivity contribution in [1.82, 2.24) is 5.32 Å². The minimum Gasteiger partial charge on any atom is -0.348 e. The fourth-order valence-electron chi connectivity index (χ4n) is 1.67. The summed E-state index contributed by atoms with van der Waals surface area (Å²) in [4.78, 5) is 12.1. The van der Waals surface area contributed by atoms with Gasteiger partial charge < -0.3 is 5.32 Å². The average molecular weight is 353 g/mol. The van der Waals surface area contributed by atoms with Gasteiger partial charge in [-0.05, 0) is 24.5 Å². The maximum absolute atomic E-state index is 12.1. The van der Waals surface area contributed by atoms with Gasteiger partial charge in [-0.2, -0.15) is 0 Å². The summed E-state index contributed by atoms with van der Waals surface area (Å²) in [5.41, 5.74) is 0.416. The van der Waals surface area contributed by atoms with Crippen LogP contribution in [0.2, 0.25) is 10.0 Å². The number of alkyl halides is 1. The zero-order valence-corrected chi connectivity index (χ0v) is 13.4. The topological polar surface area (TPSA) is 29.1 Å². The Balaban J connectivity index is 2.78. The second kappa shape index (κ2) is 7.37. The molecule has 1 aromatic carbocycles. The third kappa shape index (κ3) is 4.45. The fraction of sp³-hybridized carbons (Fsp3) is 0.462. The van der Waals surface area contributed by atoms with Crippen molar-refractivity contribution in [3.05, 3.63) is 33.8 Å². The predicted octanol–water partition coefficient (Wildman–Crippen LogP) is 4.53. The number of carbonyl (C=O) groups is 1. The molecular weight excluding hydrogens is 337 g/mol. The Morgan fingerprint density at radius 3 is 2.61 bits per heavy atom. The number of amides is 1. The summed E-state index contributed by atoms with van der Waals surface area (Å²) in [6, 6.07) is 5.14. The zero-order valence-electron chi connectivity index (χ0n) is 10.3. The Bertz CT molecular complexity index is 423. The van der Waals surface area contributed by atoms with Crippen molar-refractivity contribution in [2.45, 2.75) is 26.3 Å². The largest absolute Gasteiger partial charge is 0.348 e. The molecule has 0 bridgehead atoms.